The molecule has 5 nitrogen and oxygen atoms in total. The lowest BCUT2D eigenvalue weighted by molar-refractivity contribution is 0.00334. The van der Waals surface area contributed by atoms with Gasteiger partial charge < -0.3 is 14.4 Å². The van der Waals surface area contributed by atoms with Crippen LogP contribution in [0.4, 0.5) is 4.79 Å². The largest absolute Gasteiger partial charge is 0.475 e. The van der Waals surface area contributed by atoms with Gasteiger partial charge in [-0.2, -0.15) is 0 Å². The van der Waals surface area contributed by atoms with E-state index in [1.54, 1.807) is 11.1 Å². The van der Waals surface area contributed by atoms with E-state index in [1.165, 1.54) is 0 Å². The van der Waals surface area contributed by atoms with Crippen molar-refractivity contribution in [2.24, 2.45) is 0 Å². The molecule has 1 atom stereocenters. The molecular weight excluding hydrogens is 280 g/mol. The first-order chi connectivity index (χ1) is 10.3. The Hall–Kier alpha value is -1.78. The quantitative estimate of drug-likeness (QED) is 0.857. The second-order valence-electron chi connectivity index (χ2n) is 6.81. The lowest BCUT2D eigenvalue weighted by atomic mass is 10.0. The van der Waals surface area contributed by atoms with Crippen LogP contribution in [0.5, 0.6) is 5.88 Å². The first kappa shape index (κ1) is 16.6. The molecule has 1 aliphatic rings. The van der Waals surface area contributed by atoms with Crippen molar-refractivity contribution in [1.82, 2.24) is 9.88 Å². The average molecular weight is 306 g/mol. The van der Waals surface area contributed by atoms with E-state index < -0.39 is 5.60 Å². The van der Waals surface area contributed by atoms with Crippen molar-refractivity contribution in [3.63, 3.8) is 0 Å². The van der Waals surface area contributed by atoms with Gasteiger partial charge in [0.05, 0.1) is 6.04 Å². The first-order valence-electron chi connectivity index (χ1n) is 7.90. The summed E-state index contributed by atoms with van der Waals surface area (Å²) in [5, 5.41) is 0. The molecule has 1 fully saturated rings. The van der Waals surface area contributed by atoms with Gasteiger partial charge >= 0.3 is 6.09 Å². The number of piperidine rings is 1. The maximum absolute atomic E-state index is 12.3. The van der Waals surface area contributed by atoms with Crippen LogP contribution in [0.3, 0.4) is 0 Å². The van der Waals surface area contributed by atoms with Crippen LogP contribution in [0.25, 0.3) is 0 Å². The maximum atomic E-state index is 12.3. The van der Waals surface area contributed by atoms with Crippen molar-refractivity contribution in [2.75, 3.05) is 13.2 Å². The molecule has 0 aromatic carbocycles. The molecule has 2 rings (SSSR count). The van der Waals surface area contributed by atoms with Crippen molar-refractivity contribution in [2.45, 2.75) is 58.6 Å². The zero-order valence-electron chi connectivity index (χ0n) is 14.0. The Morgan fingerprint density at radius 1 is 1.41 bits per heavy atom. The predicted octanol–water partition coefficient (Wildman–Crippen LogP) is 3.56. The number of amides is 1. The molecule has 1 aromatic heterocycles. The predicted molar refractivity (Wildman–Crippen MR) is 85.0 cm³/mol. The number of aryl methyl sites for hydroxylation is 1. The van der Waals surface area contributed by atoms with Crippen molar-refractivity contribution in [3.8, 4) is 5.88 Å². The lowest BCUT2D eigenvalue weighted by Crippen LogP contribution is -2.48. The molecule has 5 heteroatoms. The van der Waals surface area contributed by atoms with E-state index in [2.05, 4.69) is 4.98 Å². The van der Waals surface area contributed by atoms with Gasteiger partial charge in [-0.15, -0.1) is 0 Å². The van der Waals surface area contributed by atoms with E-state index in [9.17, 15) is 4.79 Å². The minimum absolute atomic E-state index is 0.0471. The molecule has 0 radical (unpaired) electrons. The highest BCUT2D eigenvalue weighted by molar-refractivity contribution is 5.68. The van der Waals surface area contributed by atoms with Crippen LogP contribution >= 0.6 is 0 Å². The number of likely N-dealkylation sites (tertiary alicyclic amines) is 1. The summed E-state index contributed by atoms with van der Waals surface area (Å²) >= 11 is 0. The monoisotopic (exact) mass is 306 g/mol. The summed E-state index contributed by atoms with van der Waals surface area (Å²) in [6.07, 6.45) is 4.54. The Morgan fingerprint density at radius 3 is 2.86 bits per heavy atom. The normalized spacial score (nSPS) is 18.9. The molecule has 122 valence electrons. The minimum Gasteiger partial charge on any atom is -0.475 e. The van der Waals surface area contributed by atoms with Gasteiger partial charge in [0, 0.05) is 18.8 Å². The number of nitrogens with zero attached hydrogens (tertiary/aromatic N) is 2. The number of aromatic nitrogens is 1. The second kappa shape index (κ2) is 6.99. The number of carbonyl (C=O) groups is 1. The Morgan fingerprint density at radius 2 is 2.18 bits per heavy atom. The Kier molecular flexibility index (Phi) is 5.27. The van der Waals surface area contributed by atoms with Gasteiger partial charge in [0.15, 0.2) is 0 Å². The third kappa shape index (κ3) is 4.90. The molecule has 2 heterocycles. The van der Waals surface area contributed by atoms with Crippen molar-refractivity contribution < 1.29 is 14.3 Å². The van der Waals surface area contributed by atoms with E-state index in [1.807, 2.05) is 39.8 Å². The van der Waals surface area contributed by atoms with Gasteiger partial charge in [-0.3, -0.25) is 0 Å². The van der Waals surface area contributed by atoms with E-state index >= 15 is 0 Å². The molecule has 1 saturated heterocycles. The number of ether oxygens (including phenoxy) is 2. The second-order valence-corrected chi connectivity index (χ2v) is 6.81. The summed E-state index contributed by atoms with van der Waals surface area (Å²) in [4.78, 5) is 18.3. The summed E-state index contributed by atoms with van der Waals surface area (Å²) in [5.41, 5.74) is 0.635. The number of carbonyl (C=O) groups excluding carboxylic acids is 1. The summed E-state index contributed by atoms with van der Waals surface area (Å²) in [7, 11) is 0. The van der Waals surface area contributed by atoms with Crippen LogP contribution in [0.15, 0.2) is 18.3 Å². The number of pyridine rings is 1. The van der Waals surface area contributed by atoms with Gasteiger partial charge in [0.2, 0.25) is 5.88 Å². The Balaban J connectivity index is 1.96. The number of rotatable bonds is 3. The average Bonchev–Trinajstić information content (AvgIpc) is 2.44. The first-order valence-corrected chi connectivity index (χ1v) is 7.90. The highest BCUT2D eigenvalue weighted by atomic mass is 16.6. The molecule has 0 N–H and O–H groups in total. The van der Waals surface area contributed by atoms with Crippen molar-refractivity contribution in [3.05, 3.63) is 23.9 Å². The smallest absolute Gasteiger partial charge is 0.410 e. The molecule has 0 spiro atoms. The molecule has 0 unspecified atom stereocenters. The number of hydrogen-bond donors (Lipinski definition) is 0. The minimum atomic E-state index is -0.474. The van der Waals surface area contributed by atoms with Crippen molar-refractivity contribution in [1.29, 1.82) is 0 Å². The standard InChI is InChI=1S/C17H26N2O3/c1-13-8-9-18-15(11-13)21-12-14-7-5-6-10-19(14)16(20)22-17(2,3)4/h8-9,11,14H,5-7,10,12H2,1-4H3/t14-/m1/s1. The van der Waals surface area contributed by atoms with E-state index in [0.29, 0.717) is 12.5 Å². The zero-order valence-corrected chi connectivity index (χ0v) is 14.0. The zero-order chi connectivity index (χ0) is 16.2. The van der Waals surface area contributed by atoms with E-state index in [4.69, 9.17) is 9.47 Å². The Bertz CT molecular complexity index is 511. The van der Waals surface area contributed by atoms with Crippen LogP contribution in [-0.4, -0.2) is 40.8 Å². The van der Waals surface area contributed by atoms with Gasteiger partial charge in [0.1, 0.15) is 12.2 Å². The van der Waals surface area contributed by atoms with Crippen LogP contribution in [-0.2, 0) is 4.74 Å². The molecule has 0 bridgehead atoms. The molecule has 22 heavy (non-hydrogen) atoms. The van der Waals surface area contributed by atoms with Gasteiger partial charge in [-0.1, -0.05) is 0 Å². The fourth-order valence-electron chi connectivity index (χ4n) is 2.50. The summed E-state index contributed by atoms with van der Waals surface area (Å²) in [6, 6.07) is 3.88. The lowest BCUT2D eigenvalue weighted by Gasteiger charge is -2.36. The van der Waals surface area contributed by atoms with Crippen LogP contribution < -0.4 is 4.74 Å². The topological polar surface area (TPSA) is 51.7 Å². The van der Waals surface area contributed by atoms with Gasteiger partial charge in [-0.25, -0.2) is 9.78 Å². The number of hydrogen-bond acceptors (Lipinski definition) is 4. The molecule has 1 amide bonds. The molecule has 1 aliphatic heterocycles. The maximum Gasteiger partial charge on any atom is 0.410 e. The third-order valence-electron chi connectivity index (χ3n) is 3.57. The molecule has 0 aliphatic carbocycles. The SMILES string of the molecule is Cc1ccnc(OC[C@H]2CCCCN2C(=O)OC(C)(C)C)c1. The molecular formula is C17H26N2O3. The van der Waals surface area contributed by atoms with Gasteiger partial charge in [-0.05, 0) is 58.6 Å². The summed E-state index contributed by atoms with van der Waals surface area (Å²) in [6.45, 7) is 8.84. The highest BCUT2D eigenvalue weighted by Crippen LogP contribution is 2.21. The van der Waals surface area contributed by atoms with Gasteiger partial charge in [0.25, 0.3) is 0 Å². The van der Waals surface area contributed by atoms with E-state index in [0.717, 1.165) is 31.4 Å². The summed E-state index contributed by atoms with van der Waals surface area (Å²) < 4.78 is 11.3. The van der Waals surface area contributed by atoms with Crippen LogP contribution in [0.1, 0.15) is 45.6 Å². The summed E-state index contributed by atoms with van der Waals surface area (Å²) in [5.74, 6) is 0.606. The molecule has 1 aromatic rings. The fraction of sp³-hybridized carbons (Fsp3) is 0.647. The Labute approximate surface area is 132 Å². The van der Waals surface area contributed by atoms with Crippen molar-refractivity contribution >= 4 is 6.09 Å². The molecule has 0 saturated carbocycles. The fourth-order valence-corrected chi connectivity index (χ4v) is 2.50. The van der Waals surface area contributed by atoms with Crippen LogP contribution in [0.2, 0.25) is 0 Å². The third-order valence-corrected chi connectivity index (χ3v) is 3.57. The van der Waals surface area contributed by atoms with Crippen LogP contribution in [0, 0.1) is 6.92 Å². The highest BCUT2D eigenvalue weighted by Gasteiger charge is 2.30. The van der Waals surface area contributed by atoms with E-state index in [-0.39, 0.29) is 12.1 Å².